The molecule has 2 amide bonds. The summed E-state index contributed by atoms with van der Waals surface area (Å²) in [5, 5.41) is 2.68. The van der Waals surface area contributed by atoms with Crippen LogP contribution in [0.25, 0.3) is 0 Å². The van der Waals surface area contributed by atoms with E-state index in [2.05, 4.69) is 5.32 Å². The van der Waals surface area contributed by atoms with Gasteiger partial charge in [-0.15, -0.1) is 11.8 Å². The van der Waals surface area contributed by atoms with E-state index in [9.17, 15) is 14.0 Å². The zero-order chi connectivity index (χ0) is 21.1. The van der Waals surface area contributed by atoms with Gasteiger partial charge in [0.2, 0.25) is 11.8 Å². The predicted molar refractivity (Wildman–Crippen MR) is 118 cm³/mol. The maximum atomic E-state index is 13.4. The molecule has 1 saturated carbocycles. The summed E-state index contributed by atoms with van der Waals surface area (Å²) in [5.74, 6) is -0.859. The molecule has 0 unspecified atom stereocenters. The van der Waals surface area contributed by atoms with E-state index in [1.54, 1.807) is 17.0 Å². The Morgan fingerprint density at radius 1 is 1.13 bits per heavy atom. The number of amides is 2. The van der Waals surface area contributed by atoms with E-state index in [4.69, 9.17) is 0 Å². The van der Waals surface area contributed by atoms with E-state index >= 15 is 0 Å². The van der Waals surface area contributed by atoms with Gasteiger partial charge in [0.25, 0.3) is 0 Å². The Balaban J connectivity index is 1.54. The smallest absolute Gasteiger partial charge is 0.241 e. The molecular formula is C24H27FN2O2S. The van der Waals surface area contributed by atoms with Crippen LogP contribution in [0.3, 0.4) is 0 Å². The number of halogens is 1. The first kappa shape index (κ1) is 20.9. The SMILES string of the molecule is C[C@@H](C(=O)NC1CCCCC1)[C@H]1Sc2ccccc2N(Cc2ccc(F)cc2)C1=O. The van der Waals surface area contributed by atoms with Crippen molar-refractivity contribution in [3.05, 3.63) is 59.9 Å². The van der Waals surface area contributed by atoms with E-state index in [-0.39, 0.29) is 23.7 Å². The number of para-hydroxylation sites is 1. The van der Waals surface area contributed by atoms with Gasteiger partial charge in [0.1, 0.15) is 11.1 Å². The first-order valence-corrected chi connectivity index (χ1v) is 11.5. The lowest BCUT2D eigenvalue weighted by molar-refractivity contribution is -0.129. The van der Waals surface area contributed by atoms with E-state index in [0.29, 0.717) is 6.54 Å². The molecule has 0 spiro atoms. The molecule has 2 aromatic carbocycles. The summed E-state index contributed by atoms with van der Waals surface area (Å²) in [6.07, 6.45) is 5.56. The predicted octanol–water partition coefficient (Wildman–Crippen LogP) is 4.92. The minimum atomic E-state index is -0.482. The first-order valence-electron chi connectivity index (χ1n) is 10.6. The number of rotatable bonds is 5. The topological polar surface area (TPSA) is 49.4 Å². The fourth-order valence-electron chi connectivity index (χ4n) is 4.21. The normalized spacial score (nSPS) is 20.5. The molecule has 4 rings (SSSR count). The molecule has 6 heteroatoms. The van der Waals surface area contributed by atoms with Crippen molar-refractivity contribution < 1.29 is 14.0 Å². The summed E-state index contributed by atoms with van der Waals surface area (Å²) < 4.78 is 13.3. The average molecular weight is 427 g/mol. The Bertz CT molecular complexity index is 912. The molecular weight excluding hydrogens is 399 g/mol. The largest absolute Gasteiger partial charge is 0.353 e. The number of anilines is 1. The highest BCUT2D eigenvalue weighted by molar-refractivity contribution is 8.01. The van der Waals surface area contributed by atoms with Crippen LogP contribution in [-0.2, 0) is 16.1 Å². The van der Waals surface area contributed by atoms with Crippen LogP contribution in [-0.4, -0.2) is 23.1 Å². The van der Waals surface area contributed by atoms with Gasteiger partial charge in [-0.05, 0) is 42.7 Å². The van der Waals surface area contributed by atoms with Crippen molar-refractivity contribution in [2.24, 2.45) is 5.92 Å². The van der Waals surface area contributed by atoms with E-state index in [1.165, 1.54) is 30.3 Å². The third-order valence-electron chi connectivity index (χ3n) is 5.99. The molecule has 1 aliphatic carbocycles. The fourth-order valence-corrected chi connectivity index (χ4v) is 5.49. The van der Waals surface area contributed by atoms with Gasteiger partial charge < -0.3 is 10.2 Å². The fraction of sp³-hybridized carbons (Fsp3) is 0.417. The molecule has 30 heavy (non-hydrogen) atoms. The van der Waals surface area contributed by atoms with Crippen molar-refractivity contribution in [3.63, 3.8) is 0 Å². The van der Waals surface area contributed by atoms with Crippen LogP contribution in [0.1, 0.15) is 44.6 Å². The number of nitrogens with one attached hydrogen (secondary N) is 1. The molecule has 4 nitrogen and oxygen atoms in total. The molecule has 1 fully saturated rings. The number of hydrogen-bond acceptors (Lipinski definition) is 3. The Labute approximate surface area is 181 Å². The van der Waals surface area contributed by atoms with Crippen LogP contribution in [0.15, 0.2) is 53.4 Å². The monoisotopic (exact) mass is 426 g/mol. The first-order chi connectivity index (χ1) is 14.5. The molecule has 0 bridgehead atoms. The Kier molecular flexibility index (Phi) is 6.42. The number of hydrogen-bond donors (Lipinski definition) is 1. The summed E-state index contributed by atoms with van der Waals surface area (Å²) >= 11 is 1.47. The number of carbonyl (C=O) groups is 2. The summed E-state index contributed by atoms with van der Waals surface area (Å²) in [6.45, 7) is 2.20. The van der Waals surface area contributed by atoms with Crippen molar-refractivity contribution in [1.82, 2.24) is 5.32 Å². The minimum absolute atomic E-state index is 0.0473. The molecule has 158 valence electrons. The quantitative estimate of drug-likeness (QED) is 0.738. The second-order valence-electron chi connectivity index (χ2n) is 8.19. The molecule has 1 aliphatic heterocycles. The van der Waals surface area contributed by atoms with E-state index in [0.717, 1.165) is 41.8 Å². The van der Waals surface area contributed by atoms with Gasteiger partial charge in [-0.3, -0.25) is 9.59 Å². The van der Waals surface area contributed by atoms with Gasteiger partial charge in [0.15, 0.2) is 0 Å². The van der Waals surface area contributed by atoms with E-state index < -0.39 is 11.2 Å². The Morgan fingerprint density at radius 3 is 2.57 bits per heavy atom. The minimum Gasteiger partial charge on any atom is -0.353 e. The lowest BCUT2D eigenvalue weighted by Gasteiger charge is -2.36. The second kappa shape index (κ2) is 9.21. The molecule has 0 aromatic heterocycles. The summed E-state index contributed by atoms with van der Waals surface area (Å²) in [5.41, 5.74) is 1.69. The zero-order valence-electron chi connectivity index (χ0n) is 17.1. The van der Waals surface area contributed by atoms with Gasteiger partial charge in [-0.25, -0.2) is 4.39 Å². The third kappa shape index (κ3) is 4.53. The van der Waals surface area contributed by atoms with Gasteiger partial charge in [0.05, 0.1) is 18.2 Å². The highest BCUT2D eigenvalue weighted by atomic mass is 32.2. The molecule has 2 atom stereocenters. The molecule has 0 radical (unpaired) electrons. The second-order valence-corrected chi connectivity index (χ2v) is 9.37. The number of benzene rings is 2. The summed E-state index contributed by atoms with van der Waals surface area (Å²) in [7, 11) is 0. The Hall–Kier alpha value is -2.34. The highest BCUT2D eigenvalue weighted by Gasteiger charge is 2.39. The van der Waals surface area contributed by atoms with Crippen LogP contribution in [0.2, 0.25) is 0 Å². The van der Waals surface area contributed by atoms with Crippen LogP contribution >= 0.6 is 11.8 Å². The van der Waals surface area contributed by atoms with Gasteiger partial charge in [-0.1, -0.05) is 50.5 Å². The van der Waals surface area contributed by atoms with Crippen LogP contribution in [0, 0.1) is 11.7 Å². The standard InChI is InChI=1S/C24H27FN2O2S/c1-16(23(28)26-19-7-3-2-4-8-19)22-24(29)27(15-17-11-13-18(25)14-12-17)20-9-5-6-10-21(20)30-22/h5-6,9-14,16,19,22H,2-4,7-8,15H2,1H3,(H,26,28)/t16-,22-/m1/s1. The van der Waals surface area contributed by atoms with Crippen LogP contribution in [0.5, 0.6) is 0 Å². The highest BCUT2D eigenvalue weighted by Crippen LogP contribution is 2.42. The third-order valence-corrected chi connectivity index (χ3v) is 7.46. The lowest BCUT2D eigenvalue weighted by atomic mass is 9.94. The van der Waals surface area contributed by atoms with Crippen LogP contribution < -0.4 is 10.2 Å². The van der Waals surface area contributed by atoms with Crippen molar-refractivity contribution in [3.8, 4) is 0 Å². The molecule has 1 heterocycles. The van der Waals surface area contributed by atoms with Crippen LogP contribution in [0.4, 0.5) is 10.1 Å². The molecule has 1 N–H and O–H groups in total. The number of fused-ring (bicyclic) bond motifs is 1. The average Bonchev–Trinajstić information content (AvgIpc) is 2.77. The number of carbonyl (C=O) groups excluding carboxylic acids is 2. The van der Waals surface area contributed by atoms with Gasteiger partial charge in [-0.2, -0.15) is 0 Å². The molecule has 0 saturated heterocycles. The van der Waals surface area contributed by atoms with Crippen molar-refractivity contribution >= 4 is 29.3 Å². The molecule has 2 aliphatic rings. The van der Waals surface area contributed by atoms with Crippen molar-refractivity contribution in [1.29, 1.82) is 0 Å². The maximum absolute atomic E-state index is 13.4. The summed E-state index contributed by atoms with van der Waals surface area (Å²) in [4.78, 5) is 29.1. The maximum Gasteiger partial charge on any atom is 0.241 e. The lowest BCUT2D eigenvalue weighted by Crippen LogP contribution is -2.49. The van der Waals surface area contributed by atoms with Crippen molar-refractivity contribution in [2.45, 2.75) is 61.8 Å². The summed E-state index contributed by atoms with van der Waals surface area (Å²) in [6, 6.07) is 14.2. The van der Waals surface area contributed by atoms with Crippen molar-refractivity contribution in [2.75, 3.05) is 4.90 Å². The Morgan fingerprint density at radius 2 is 1.83 bits per heavy atom. The van der Waals surface area contributed by atoms with Gasteiger partial charge >= 0.3 is 0 Å². The number of thioether (sulfide) groups is 1. The zero-order valence-corrected chi connectivity index (χ0v) is 18.0. The van der Waals surface area contributed by atoms with Gasteiger partial charge in [0, 0.05) is 10.9 Å². The van der Waals surface area contributed by atoms with E-state index in [1.807, 2.05) is 31.2 Å². The molecule has 2 aromatic rings. The number of nitrogens with zero attached hydrogens (tertiary/aromatic N) is 1.